The summed E-state index contributed by atoms with van der Waals surface area (Å²) in [6, 6.07) is 0. The standard InChI is InChI=1S/C7H12F3NO4S/c1-3-6(12)11(2)4-5-15-16(13,14)7(8,9)10/h3-5H2,1-2H3. The number of amides is 1. The van der Waals surface area contributed by atoms with Crippen molar-refractivity contribution in [2.45, 2.75) is 18.9 Å². The van der Waals surface area contributed by atoms with Gasteiger partial charge in [0.05, 0.1) is 6.61 Å². The van der Waals surface area contributed by atoms with Crippen LogP contribution in [0.4, 0.5) is 13.2 Å². The second-order valence-electron chi connectivity index (χ2n) is 2.89. The third kappa shape index (κ3) is 4.35. The summed E-state index contributed by atoms with van der Waals surface area (Å²) >= 11 is 0. The monoisotopic (exact) mass is 263 g/mol. The van der Waals surface area contributed by atoms with Crippen LogP contribution < -0.4 is 0 Å². The highest BCUT2D eigenvalue weighted by molar-refractivity contribution is 7.87. The highest BCUT2D eigenvalue weighted by Crippen LogP contribution is 2.24. The minimum absolute atomic E-state index is 0.183. The minimum atomic E-state index is -5.56. The van der Waals surface area contributed by atoms with Gasteiger partial charge in [-0.15, -0.1) is 0 Å². The zero-order valence-corrected chi connectivity index (χ0v) is 9.56. The van der Waals surface area contributed by atoms with Gasteiger partial charge in [-0.3, -0.25) is 8.98 Å². The Labute approximate surface area is 91.3 Å². The van der Waals surface area contributed by atoms with E-state index < -0.39 is 22.2 Å². The lowest BCUT2D eigenvalue weighted by Gasteiger charge is -2.16. The zero-order valence-electron chi connectivity index (χ0n) is 8.74. The summed E-state index contributed by atoms with van der Waals surface area (Å²) in [5.74, 6) is -0.312. The molecule has 0 aliphatic rings. The van der Waals surface area contributed by atoms with Gasteiger partial charge in [-0.1, -0.05) is 6.92 Å². The maximum absolute atomic E-state index is 11.8. The number of nitrogens with zero attached hydrogens (tertiary/aromatic N) is 1. The van der Waals surface area contributed by atoms with Gasteiger partial charge in [0, 0.05) is 20.0 Å². The summed E-state index contributed by atoms with van der Waals surface area (Å²) < 4.78 is 59.9. The Kier molecular flexibility index (Phi) is 5.20. The van der Waals surface area contributed by atoms with Crippen molar-refractivity contribution >= 4 is 16.0 Å². The molecule has 0 fully saturated rings. The van der Waals surface area contributed by atoms with E-state index in [-0.39, 0.29) is 18.9 Å². The second-order valence-corrected chi connectivity index (χ2v) is 4.50. The number of carbonyl (C=O) groups excluding carboxylic acids is 1. The molecule has 0 heterocycles. The summed E-state index contributed by atoms with van der Waals surface area (Å²) in [7, 11) is -4.22. The Morgan fingerprint density at radius 2 is 1.88 bits per heavy atom. The molecule has 0 aliphatic carbocycles. The van der Waals surface area contributed by atoms with Crippen molar-refractivity contribution in [2.75, 3.05) is 20.2 Å². The van der Waals surface area contributed by atoms with E-state index in [9.17, 15) is 26.4 Å². The summed E-state index contributed by atoms with van der Waals surface area (Å²) in [5, 5.41) is 0. The van der Waals surface area contributed by atoms with E-state index in [0.29, 0.717) is 0 Å². The molecular formula is C7H12F3NO4S. The van der Waals surface area contributed by atoms with Crippen LogP contribution in [0.25, 0.3) is 0 Å². The molecule has 0 aromatic rings. The van der Waals surface area contributed by atoms with Gasteiger partial charge in [0.25, 0.3) is 0 Å². The van der Waals surface area contributed by atoms with Crippen molar-refractivity contribution in [1.82, 2.24) is 4.90 Å². The summed E-state index contributed by atoms with van der Waals surface area (Å²) in [6.07, 6.45) is 0.183. The lowest BCUT2D eigenvalue weighted by Crippen LogP contribution is -2.32. The molecule has 0 rings (SSSR count). The summed E-state index contributed by atoms with van der Waals surface area (Å²) in [5.41, 5.74) is -5.43. The number of carbonyl (C=O) groups is 1. The van der Waals surface area contributed by atoms with E-state index in [0.717, 1.165) is 4.90 Å². The molecular weight excluding hydrogens is 251 g/mol. The van der Waals surface area contributed by atoms with E-state index in [4.69, 9.17) is 0 Å². The smallest absolute Gasteiger partial charge is 0.343 e. The molecule has 0 saturated carbocycles. The minimum Gasteiger partial charge on any atom is -0.343 e. The van der Waals surface area contributed by atoms with E-state index in [1.807, 2.05) is 0 Å². The fourth-order valence-corrected chi connectivity index (χ4v) is 1.17. The van der Waals surface area contributed by atoms with Gasteiger partial charge < -0.3 is 4.90 Å². The van der Waals surface area contributed by atoms with E-state index in [2.05, 4.69) is 4.18 Å². The van der Waals surface area contributed by atoms with Crippen molar-refractivity contribution in [3.05, 3.63) is 0 Å². The molecule has 0 bridgehead atoms. The molecule has 16 heavy (non-hydrogen) atoms. The van der Waals surface area contributed by atoms with Gasteiger partial charge >= 0.3 is 15.6 Å². The lowest BCUT2D eigenvalue weighted by molar-refractivity contribution is -0.129. The molecule has 5 nitrogen and oxygen atoms in total. The average molecular weight is 263 g/mol. The third-order valence-corrected chi connectivity index (χ3v) is 2.72. The quantitative estimate of drug-likeness (QED) is 0.541. The van der Waals surface area contributed by atoms with E-state index >= 15 is 0 Å². The van der Waals surface area contributed by atoms with Crippen LogP contribution in [0.1, 0.15) is 13.3 Å². The number of likely N-dealkylation sites (N-methyl/N-ethyl adjacent to an activating group) is 1. The third-order valence-electron chi connectivity index (χ3n) is 1.68. The van der Waals surface area contributed by atoms with Gasteiger partial charge in [-0.2, -0.15) is 21.6 Å². The van der Waals surface area contributed by atoms with E-state index in [1.54, 1.807) is 6.92 Å². The van der Waals surface area contributed by atoms with Crippen LogP contribution in [0, 0.1) is 0 Å². The zero-order chi connectivity index (χ0) is 13.0. The molecule has 9 heteroatoms. The van der Waals surface area contributed by atoms with Gasteiger partial charge in [0.1, 0.15) is 0 Å². The van der Waals surface area contributed by atoms with E-state index in [1.165, 1.54) is 7.05 Å². The van der Waals surface area contributed by atoms with Crippen LogP contribution in [0.15, 0.2) is 0 Å². The molecule has 0 radical (unpaired) electrons. The Balaban J connectivity index is 4.15. The largest absolute Gasteiger partial charge is 0.523 e. The Morgan fingerprint density at radius 3 is 2.25 bits per heavy atom. The second kappa shape index (κ2) is 5.48. The van der Waals surface area contributed by atoms with Gasteiger partial charge in [-0.25, -0.2) is 0 Å². The first-order chi connectivity index (χ1) is 7.12. The molecule has 0 atom stereocenters. The Morgan fingerprint density at radius 1 is 1.38 bits per heavy atom. The highest BCUT2D eigenvalue weighted by Gasteiger charge is 2.47. The molecule has 0 N–H and O–H groups in total. The fraction of sp³-hybridized carbons (Fsp3) is 0.857. The molecule has 0 unspecified atom stereocenters. The van der Waals surface area contributed by atoms with Crippen LogP contribution >= 0.6 is 0 Å². The van der Waals surface area contributed by atoms with Crippen molar-refractivity contribution < 1.29 is 30.6 Å². The van der Waals surface area contributed by atoms with Crippen LogP contribution in [0.5, 0.6) is 0 Å². The van der Waals surface area contributed by atoms with Gasteiger partial charge in [0.15, 0.2) is 0 Å². The van der Waals surface area contributed by atoms with Crippen molar-refractivity contribution in [2.24, 2.45) is 0 Å². The molecule has 0 saturated heterocycles. The predicted octanol–water partition coefficient (Wildman–Crippen LogP) is 0.721. The van der Waals surface area contributed by atoms with Crippen molar-refractivity contribution in [3.8, 4) is 0 Å². The van der Waals surface area contributed by atoms with Gasteiger partial charge in [-0.05, 0) is 0 Å². The normalized spacial score (nSPS) is 12.6. The number of hydrogen-bond donors (Lipinski definition) is 0. The van der Waals surface area contributed by atoms with Crippen LogP contribution in [0.2, 0.25) is 0 Å². The first kappa shape index (κ1) is 15.2. The number of hydrogen-bond acceptors (Lipinski definition) is 4. The predicted molar refractivity (Wildman–Crippen MR) is 48.9 cm³/mol. The van der Waals surface area contributed by atoms with Crippen LogP contribution in [-0.4, -0.2) is 44.9 Å². The maximum atomic E-state index is 11.8. The van der Waals surface area contributed by atoms with Crippen molar-refractivity contribution in [3.63, 3.8) is 0 Å². The summed E-state index contributed by atoms with van der Waals surface area (Å²) in [4.78, 5) is 12.1. The van der Waals surface area contributed by atoms with Crippen LogP contribution in [-0.2, 0) is 19.1 Å². The average Bonchev–Trinajstić information content (AvgIpc) is 2.14. The molecule has 1 amide bonds. The molecule has 96 valence electrons. The van der Waals surface area contributed by atoms with Crippen LogP contribution in [0.3, 0.4) is 0 Å². The highest BCUT2D eigenvalue weighted by atomic mass is 32.2. The number of halogens is 3. The Hall–Kier alpha value is -0.830. The number of alkyl halides is 3. The Bertz CT molecular complexity index is 338. The molecule has 0 aromatic carbocycles. The summed E-state index contributed by atoms with van der Waals surface area (Å²) in [6.45, 7) is 0.637. The van der Waals surface area contributed by atoms with Crippen molar-refractivity contribution in [1.29, 1.82) is 0 Å². The fourth-order valence-electron chi connectivity index (χ4n) is 0.745. The SMILES string of the molecule is CCC(=O)N(C)CCOS(=O)(=O)C(F)(F)F. The first-order valence-electron chi connectivity index (χ1n) is 4.31. The number of rotatable bonds is 5. The molecule has 0 aromatic heterocycles. The molecule has 0 spiro atoms. The topological polar surface area (TPSA) is 63.7 Å². The lowest BCUT2D eigenvalue weighted by atomic mass is 10.4. The first-order valence-corrected chi connectivity index (χ1v) is 5.72. The van der Waals surface area contributed by atoms with Gasteiger partial charge in [0.2, 0.25) is 5.91 Å². The molecule has 0 aliphatic heterocycles. The maximum Gasteiger partial charge on any atom is 0.523 e.